The predicted molar refractivity (Wildman–Crippen MR) is 44.7 cm³/mol. The van der Waals surface area contributed by atoms with Gasteiger partial charge in [-0.05, 0) is 19.4 Å². The second-order valence-corrected chi connectivity index (χ2v) is 2.00. The molecule has 0 bridgehead atoms. The van der Waals surface area contributed by atoms with Crippen LogP contribution >= 0.6 is 0 Å². The summed E-state index contributed by atoms with van der Waals surface area (Å²) in [6, 6.07) is 0. The van der Waals surface area contributed by atoms with Crippen molar-refractivity contribution in [3.8, 4) is 0 Å². The zero-order valence-electron chi connectivity index (χ0n) is 6.85. The fraction of sp³-hybridized carbons (Fsp3) is 0.333. The SMILES string of the molecule is C=C(OC)/C(C)=C\C=C/C. The molecule has 0 spiro atoms. The molecule has 10 heavy (non-hydrogen) atoms. The third-order valence-electron chi connectivity index (χ3n) is 1.22. The van der Waals surface area contributed by atoms with Crippen molar-refractivity contribution in [3.05, 3.63) is 36.1 Å². The van der Waals surface area contributed by atoms with Crippen LogP contribution in [0.5, 0.6) is 0 Å². The molecular formula is C9H14O. The number of rotatable bonds is 3. The summed E-state index contributed by atoms with van der Waals surface area (Å²) in [6.45, 7) is 7.64. The molecule has 0 saturated carbocycles. The average Bonchev–Trinajstić information content (AvgIpc) is 1.98. The Hall–Kier alpha value is -0.980. The Labute approximate surface area is 62.7 Å². The van der Waals surface area contributed by atoms with E-state index < -0.39 is 0 Å². The normalized spacial score (nSPS) is 12.1. The van der Waals surface area contributed by atoms with Gasteiger partial charge in [-0.2, -0.15) is 0 Å². The maximum Gasteiger partial charge on any atom is 0.114 e. The molecule has 0 aliphatic heterocycles. The average molecular weight is 138 g/mol. The van der Waals surface area contributed by atoms with Crippen molar-refractivity contribution >= 4 is 0 Å². The number of hydrogen-bond donors (Lipinski definition) is 0. The summed E-state index contributed by atoms with van der Waals surface area (Å²) in [5.74, 6) is 0.720. The largest absolute Gasteiger partial charge is 0.497 e. The molecule has 0 aliphatic carbocycles. The highest BCUT2D eigenvalue weighted by Crippen LogP contribution is 2.05. The first-order chi connectivity index (χ1) is 4.72. The Balaban J connectivity index is 4.05. The third kappa shape index (κ3) is 3.13. The first-order valence-electron chi connectivity index (χ1n) is 3.25. The molecule has 1 nitrogen and oxygen atoms in total. The maximum absolute atomic E-state index is 4.91. The standard InChI is InChI=1S/C9H14O/c1-5-6-7-8(2)9(3)10-4/h5-7H,3H2,1-2,4H3/b6-5-,8-7-. The minimum atomic E-state index is 0.720. The van der Waals surface area contributed by atoms with Gasteiger partial charge in [-0.3, -0.25) is 0 Å². The lowest BCUT2D eigenvalue weighted by Crippen LogP contribution is -1.84. The molecule has 0 aliphatic rings. The topological polar surface area (TPSA) is 9.23 Å². The number of hydrogen-bond acceptors (Lipinski definition) is 1. The molecule has 0 atom stereocenters. The van der Waals surface area contributed by atoms with Crippen molar-refractivity contribution in [2.24, 2.45) is 0 Å². The van der Waals surface area contributed by atoms with Gasteiger partial charge in [-0.15, -0.1) is 0 Å². The van der Waals surface area contributed by atoms with Crippen LogP contribution in [0.2, 0.25) is 0 Å². The quantitative estimate of drug-likeness (QED) is 0.430. The van der Waals surface area contributed by atoms with Gasteiger partial charge in [0.05, 0.1) is 7.11 Å². The number of allylic oxidation sites excluding steroid dienone is 4. The lowest BCUT2D eigenvalue weighted by atomic mass is 10.2. The van der Waals surface area contributed by atoms with Crippen molar-refractivity contribution < 1.29 is 4.74 Å². The van der Waals surface area contributed by atoms with Crippen molar-refractivity contribution in [2.75, 3.05) is 7.11 Å². The molecule has 0 radical (unpaired) electrons. The summed E-state index contributed by atoms with van der Waals surface area (Å²) in [7, 11) is 1.62. The van der Waals surface area contributed by atoms with E-state index in [2.05, 4.69) is 6.58 Å². The lowest BCUT2D eigenvalue weighted by Gasteiger charge is -2.01. The fourth-order valence-corrected chi connectivity index (χ4v) is 0.494. The summed E-state index contributed by atoms with van der Waals surface area (Å²) in [5.41, 5.74) is 1.06. The maximum atomic E-state index is 4.91. The lowest BCUT2D eigenvalue weighted by molar-refractivity contribution is 0.303. The van der Waals surface area contributed by atoms with Crippen LogP contribution in [-0.4, -0.2) is 7.11 Å². The minimum Gasteiger partial charge on any atom is -0.497 e. The van der Waals surface area contributed by atoms with Gasteiger partial charge in [-0.1, -0.05) is 24.8 Å². The summed E-state index contributed by atoms with van der Waals surface area (Å²) < 4.78 is 4.91. The predicted octanol–water partition coefficient (Wildman–Crippen LogP) is 2.67. The highest BCUT2D eigenvalue weighted by Gasteiger charge is 1.90. The van der Waals surface area contributed by atoms with Gasteiger partial charge in [0.25, 0.3) is 0 Å². The van der Waals surface area contributed by atoms with Crippen LogP contribution in [0.3, 0.4) is 0 Å². The highest BCUT2D eigenvalue weighted by atomic mass is 16.5. The van der Waals surface area contributed by atoms with Crippen LogP contribution in [0.15, 0.2) is 36.1 Å². The highest BCUT2D eigenvalue weighted by molar-refractivity contribution is 5.24. The van der Waals surface area contributed by atoms with Crippen LogP contribution in [0.4, 0.5) is 0 Å². The van der Waals surface area contributed by atoms with E-state index in [1.165, 1.54) is 0 Å². The molecule has 0 rings (SSSR count). The molecule has 0 fully saturated rings. The molecule has 1 heteroatoms. The number of methoxy groups -OCH3 is 1. The van der Waals surface area contributed by atoms with Gasteiger partial charge in [0.15, 0.2) is 0 Å². The van der Waals surface area contributed by atoms with Gasteiger partial charge in [0.2, 0.25) is 0 Å². The first kappa shape index (κ1) is 9.02. The van der Waals surface area contributed by atoms with Crippen LogP contribution in [0, 0.1) is 0 Å². The zero-order chi connectivity index (χ0) is 7.98. The summed E-state index contributed by atoms with van der Waals surface area (Å²) in [5, 5.41) is 0. The van der Waals surface area contributed by atoms with Crippen LogP contribution in [0.1, 0.15) is 13.8 Å². The third-order valence-corrected chi connectivity index (χ3v) is 1.22. The first-order valence-corrected chi connectivity index (χ1v) is 3.25. The smallest absolute Gasteiger partial charge is 0.114 e. The van der Waals surface area contributed by atoms with E-state index in [4.69, 9.17) is 4.74 Å². The molecule has 56 valence electrons. The van der Waals surface area contributed by atoms with Gasteiger partial charge in [0, 0.05) is 0 Å². The summed E-state index contributed by atoms with van der Waals surface area (Å²) >= 11 is 0. The Kier molecular flexibility index (Phi) is 4.38. The van der Waals surface area contributed by atoms with E-state index in [1.807, 2.05) is 32.1 Å². The van der Waals surface area contributed by atoms with Gasteiger partial charge >= 0.3 is 0 Å². The minimum absolute atomic E-state index is 0.720. The van der Waals surface area contributed by atoms with Crippen molar-refractivity contribution in [3.63, 3.8) is 0 Å². The summed E-state index contributed by atoms with van der Waals surface area (Å²) in [6.07, 6.45) is 5.89. The zero-order valence-corrected chi connectivity index (χ0v) is 6.85. The molecule has 0 amide bonds. The van der Waals surface area contributed by atoms with Gasteiger partial charge < -0.3 is 4.74 Å². The summed E-state index contributed by atoms with van der Waals surface area (Å²) in [4.78, 5) is 0. The van der Waals surface area contributed by atoms with Gasteiger partial charge in [0.1, 0.15) is 5.76 Å². The molecule has 0 N–H and O–H groups in total. The Morgan fingerprint density at radius 3 is 2.50 bits per heavy atom. The fourth-order valence-electron chi connectivity index (χ4n) is 0.494. The van der Waals surface area contributed by atoms with Crippen molar-refractivity contribution in [1.29, 1.82) is 0 Å². The monoisotopic (exact) mass is 138 g/mol. The van der Waals surface area contributed by atoms with E-state index >= 15 is 0 Å². The molecular weight excluding hydrogens is 124 g/mol. The molecule has 0 aromatic carbocycles. The second-order valence-electron chi connectivity index (χ2n) is 2.00. The van der Waals surface area contributed by atoms with E-state index in [-0.39, 0.29) is 0 Å². The van der Waals surface area contributed by atoms with Gasteiger partial charge in [-0.25, -0.2) is 0 Å². The van der Waals surface area contributed by atoms with Crippen molar-refractivity contribution in [2.45, 2.75) is 13.8 Å². The molecule has 0 aromatic heterocycles. The Bertz CT molecular complexity index is 164. The van der Waals surface area contributed by atoms with E-state index in [0.29, 0.717) is 0 Å². The molecule has 0 saturated heterocycles. The molecule has 0 unspecified atom stereocenters. The van der Waals surface area contributed by atoms with Crippen LogP contribution in [0.25, 0.3) is 0 Å². The van der Waals surface area contributed by atoms with Crippen molar-refractivity contribution in [1.82, 2.24) is 0 Å². The van der Waals surface area contributed by atoms with E-state index in [0.717, 1.165) is 11.3 Å². The Morgan fingerprint density at radius 1 is 1.50 bits per heavy atom. The van der Waals surface area contributed by atoms with Crippen LogP contribution in [-0.2, 0) is 4.74 Å². The molecule has 0 aromatic rings. The van der Waals surface area contributed by atoms with E-state index in [9.17, 15) is 0 Å². The van der Waals surface area contributed by atoms with Crippen LogP contribution < -0.4 is 0 Å². The molecule has 0 heterocycles. The Morgan fingerprint density at radius 2 is 2.10 bits per heavy atom. The second kappa shape index (κ2) is 4.86. The number of ether oxygens (including phenoxy) is 1. The van der Waals surface area contributed by atoms with E-state index in [1.54, 1.807) is 7.11 Å².